The predicted molar refractivity (Wildman–Crippen MR) is 112 cm³/mol. The lowest BCUT2D eigenvalue weighted by Gasteiger charge is -2.08. The summed E-state index contributed by atoms with van der Waals surface area (Å²) >= 11 is 1.35. The minimum absolute atomic E-state index is 0.134. The van der Waals surface area contributed by atoms with E-state index in [9.17, 15) is 8.78 Å². The van der Waals surface area contributed by atoms with Gasteiger partial charge in [-0.3, -0.25) is 5.41 Å². The van der Waals surface area contributed by atoms with E-state index in [2.05, 4.69) is 27.4 Å². The standard InChI is InChI=1S/C22H16F2N4OS/c23-15-4-2-5-16(24)19(15)28-21(25)22-27-17-6-1-3-12-7-8-13(18-10-26-11-29-18)9-14(12)20(17)30-22/h2,4-5,7-11H,1,3,6H2,(H2,25,28). The molecule has 2 aromatic carbocycles. The monoisotopic (exact) mass is 422 g/mol. The molecule has 30 heavy (non-hydrogen) atoms. The highest BCUT2D eigenvalue weighted by Gasteiger charge is 2.22. The fourth-order valence-electron chi connectivity index (χ4n) is 3.60. The molecule has 150 valence electrons. The number of hydrogen-bond donors (Lipinski definition) is 2. The van der Waals surface area contributed by atoms with Gasteiger partial charge in [0.05, 0.1) is 16.8 Å². The third-order valence-electron chi connectivity index (χ3n) is 5.05. The summed E-state index contributed by atoms with van der Waals surface area (Å²) in [6.07, 6.45) is 5.71. The molecule has 2 aromatic heterocycles. The highest BCUT2D eigenvalue weighted by Crippen LogP contribution is 2.39. The molecule has 1 aliphatic carbocycles. The van der Waals surface area contributed by atoms with Crippen molar-refractivity contribution in [1.82, 2.24) is 9.97 Å². The zero-order valence-electron chi connectivity index (χ0n) is 15.7. The van der Waals surface area contributed by atoms with Gasteiger partial charge < -0.3 is 9.73 Å². The molecule has 1 aliphatic rings. The summed E-state index contributed by atoms with van der Waals surface area (Å²) in [5.41, 5.74) is 3.71. The van der Waals surface area contributed by atoms with E-state index in [1.807, 2.05) is 6.07 Å². The normalized spacial score (nSPS) is 12.7. The van der Waals surface area contributed by atoms with Gasteiger partial charge in [0.15, 0.2) is 23.0 Å². The van der Waals surface area contributed by atoms with Crippen LogP contribution in [0.15, 0.2) is 53.4 Å². The Labute approximate surface area is 174 Å². The van der Waals surface area contributed by atoms with E-state index in [1.54, 1.807) is 6.20 Å². The van der Waals surface area contributed by atoms with Crippen molar-refractivity contribution < 1.29 is 13.2 Å². The van der Waals surface area contributed by atoms with Crippen LogP contribution in [0.25, 0.3) is 21.8 Å². The molecule has 2 N–H and O–H groups in total. The Morgan fingerprint density at radius 1 is 1.13 bits per heavy atom. The van der Waals surface area contributed by atoms with Crippen LogP contribution in [0.2, 0.25) is 0 Å². The number of nitrogens with one attached hydrogen (secondary N) is 2. The summed E-state index contributed by atoms with van der Waals surface area (Å²) < 4.78 is 33.3. The maximum absolute atomic E-state index is 14.0. The quantitative estimate of drug-likeness (QED) is 0.330. The zero-order chi connectivity index (χ0) is 20.7. The van der Waals surface area contributed by atoms with Crippen LogP contribution in [0.5, 0.6) is 0 Å². The molecule has 5 rings (SSSR count). The Kier molecular flexibility index (Phi) is 4.63. The van der Waals surface area contributed by atoms with E-state index >= 15 is 0 Å². The highest BCUT2D eigenvalue weighted by atomic mass is 32.1. The number of fused-ring (bicyclic) bond motifs is 3. The van der Waals surface area contributed by atoms with Crippen molar-refractivity contribution in [1.29, 1.82) is 5.41 Å². The molecule has 0 radical (unpaired) electrons. The fraction of sp³-hybridized carbons (Fsp3) is 0.136. The molecule has 0 saturated heterocycles. The van der Waals surface area contributed by atoms with Crippen molar-refractivity contribution in [3.05, 3.63) is 76.9 Å². The van der Waals surface area contributed by atoms with Crippen molar-refractivity contribution in [2.45, 2.75) is 19.3 Å². The summed E-state index contributed by atoms with van der Waals surface area (Å²) in [5.74, 6) is -0.956. The first-order chi connectivity index (χ1) is 14.6. The molecule has 0 fully saturated rings. The molecule has 0 aliphatic heterocycles. The molecule has 0 spiro atoms. The van der Waals surface area contributed by atoms with Crippen LogP contribution < -0.4 is 5.32 Å². The average molecular weight is 422 g/mol. The lowest BCUT2D eigenvalue weighted by Crippen LogP contribution is -2.14. The van der Waals surface area contributed by atoms with Crippen LogP contribution >= 0.6 is 11.3 Å². The van der Waals surface area contributed by atoms with Gasteiger partial charge in [-0.05, 0) is 48.6 Å². The Balaban J connectivity index is 1.53. The van der Waals surface area contributed by atoms with E-state index < -0.39 is 11.6 Å². The summed E-state index contributed by atoms with van der Waals surface area (Å²) in [6, 6.07) is 9.73. The van der Waals surface area contributed by atoms with Gasteiger partial charge in [0.1, 0.15) is 17.3 Å². The van der Waals surface area contributed by atoms with Crippen molar-refractivity contribution in [3.8, 4) is 21.8 Å². The predicted octanol–water partition coefficient (Wildman–Crippen LogP) is 5.67. The first-order valence-corrected chi connectivity index (χ1v) is 10.2. The number of rotatable bonds is 3. The molecule has 0 bridgehead atoms. The fourth-order valence-corrected chi connectivity index (χ4v) is 4.67. The van der Waals surface area contributed by atoms with Gasteiger partial charge in [-0.15, -0.1) is 11.3 Å². The lowest BCUT2D eigenvalue weighted by molar-refractivity contribution is 0.572. The molecule has 2 heterocycles. The molecule has 5 nitrogen and oxygen atoms in total. The van der Waals surface area contributed by atoms with Crippen molar-refractivity contribution in [2.75, 3.05) is 5.32 Å². The number of hydrogen-bond acceptors (Lipinski definition) is 5. The van der Waals surface area contributed by atoms with E-state index in [4.69, 9.17) is 9.83 Å². The van der Waals surface area contributed by atoms with Crippen molar-refractivity contribution >= 4 is 22.9 Å². The average Bonchev–Trinajstić information content (AvgIpc) is 3.39. The third-order valence-corrected chi connectivity index (χ3v) is 6.20. The number of aromatic nitrogens is 2. The lowest BCUT2D eigenvalue weighted by atomic mass is 10.0. The number of benzene rings is 2. The van der Waals surface area contributed by atoms with Gasteiger partial charge >= 0.3 is 0 Å². The van der Waals surface area contributed by atoms with Gasteiger partial charge in [-0.1, -0.05) is 18.2 Å². The second kappa shape index (κ2) is 7.46. The first kappa shape index (κ1) is 18.6. The SMILES string of the molecule is N=C(Nc1c(F)cccc1F)c1nc2c(s1)-c1cc(-c3cnco3)ccc1CCC2. The Morgan fingerprint density at radius 3 is 2.73 bits per heavy atom. The number of thiazole rings is 1. The molecule has 4 aromatic rings. The number of aryl methyl sites for hydroxylation is 2. The zero-order valence-corrected chi connectivity index (χ0v) is 16.5. The largest absolute Gasteiger partial charge is 0.444 e. The smallest absolute Gasteiger partial charge is 0.181 e. The minimum Gasteiger partial charge on any atom is -0.444 e. The summed E-state index contributed by atoms with van der Waals surface area (Å²) in [5, 5.41) is 11.2. The van der Waals surface area contributed by atoms with Crippen LogP contribution in [0.3, 0.4) is 0 Å². The number of oxazole rings is 1. The van der Waals surface area contributed by atoms with Crippen LogP contribution in [0.1, 0.15) is 22.7 Å². The van der Waals surface area contributed by atoms with E-state index in [-0.39, 0.29) is 11.5 Å². The summed E-state index contributed by atoms with van der Waals surface area (Å²) in [6.45, 7) is 0. The van der Waals surface area contributed by atoms with Gasteiger partial charge in [-0.25, -0.2) is 18.7 Å². The molecule has 8 heteroatoms. The van der Waals surface area contributed by atoms with E-state index in [0.29, 0.717) is 10.8 Å². The third kappa shape index (κ3) is 3.29. The van der Waals surface area contributed by atoms with Crippen LogP contribution in [0, 0.1) is 17.0 Å². The van der Waals surface area contributed by atoms with Gasteiger partial charge in [0, 0.05) is 5.56 Å². The van der Waals surface area contributed by atoms with E-state index in [0.717, 1.165) is 53.1 Å². The molecule has 0 atom stereocenters. The van der Waals surface area contributed by atoms with E-state index in [1.165, 1.54) is 29.4 Å². The van der Waals surface area contributed by atoms with Gasteiger partial charge in [-0.2, -0.15) is 0 Å². The molecule has 0 amide bonds. The number of halogens is 2. The van der Waals surface area contributed by atoms with Crippen LogP contribution in [0.4, 0.5) is 14.5 Å². The Morgan fingerprint density at radius 2 is 1.97 bits per heavy atom. The number of para-hydroxylation sites is 1. The maximum atomic E-state index is 14.0. The van der Waals surface area contributed by atoms with Crippen LogP contribution in [-0.2, 0) is 12.8 Å². The molecule has 0 saturated carbocycles. The van der Waals surface area contributed by atoms with Crippen LogP contribution in [-0.4, -0.2) is 15.8 Å². The second-order valence-corrected chi connectivity index (χ2v) is 7.98. The number of anilines is 1. The summed E-state index contributed by atoms with van der Waals surface area (Å²) in [7, 11) is 0. The second-order valence-electron chi connectivity index (χ2n) is 6.98. The maximum Gasteiger partial charge on any atom is 0.181 e. The van der Waals surface area contributed by atoms with Crippen molar-refractivity contribution in [2.24, 2.45) is 0 Å². The van der Waals surface area contributed by atoms with Gasteiger partial charge in [0.2, 0.25) is 0 Å². The Bertz CT molecular complexity index is 1230. The molecule has 0 unspecified atom stereocenters. The minimum atomic E-state index is -0.750. The first-order valence-electron chi connectivity index (χ1n) is 9.42. The molecular formula is C22H16F2N4OS. The number of nitrogens with zero attached hydrogens (tertiary/aromatic N) is 2. The summed E-state index contributed by atoms with van der Waals surface area (Å²) in [4.78, 5) is 9.56. The molecular weight excluding hydrogens is 406 g/mol. The van der Waals surface area contributed by atoms with Gasteiger partial charge in [0.25, 0.3) is 0 Å². The highest BCUT2D eigenvalue weighted by molar-refractivity contribution is 7.17. The topological polar surface area (TPSA) is 74.8 Å². The number of amidine groups is 1. The Hall–Kier alpha value is -3.39. The van der Waals surface area contributed by atoms with Crippen molar-refractivity contribution in [3.63, 3.8) is 0 Å².